The molecule has 0 saturated carbocycles. The van der Waals surface area contributed by atoms with Gasteiger partial charge in [-0.05, 0) is 32.4 Å². The Morgan fingerprint density at radius 2 is 2.00 bits per heavy atom. The summed E-state index contributed by atoms with van der Waals surface area (Å²) in [5, 5.41) is 3.37. The summed E-state index contributed by atoms with van der Waals surface area (Å²) >= 11 is 0. The minimum atomic E-state index is -3.46. The van der Waals surface area contributed by atoms with Crippen molar-refractivity contribution in [2.75, 3.05) is 26.0 Å². The van der Waals surface area contributed by atoms with Gasteiger partial charge in [0.25, 0.3) is 0 Å². The predicted molar refractivity (Wildman–Crippen MR) is 79.4 cm³/mol. The van der Waals surface area contributed by atoms with Gasteiger partial charge in [0.1, 0.15) is 4.90 Å². The fraction of sp³-hybridized carbons (Fsp3) is 0.571. The van der Waals surface area contributed by atoms with Gasteiger partial charge in [0.05, 0.1) is 17.3 Å². The second-order valence-electron chi connectivity index (χ2n) is 5.59. The third kappa shape index (κ3) is 2.68. The van der Waals surface area contributed by atoms with E-state index in [0.29, 0.717) is 17.2 Å². The van der Waals surface area contributed by atoms with Crippen molar-refractivity contribution in [3.8, 4) is 0 Å². The minimum absolute atomic E-state index is 0.0395. The first kappa shape index (κ1) is 15.3. The quantitative estimate of drug-likeness (QED) is 0.922. The van der Waals surface area contributed by atoms with Gasteiger partial charge in [0.2, 0.25) is 10.0 Å². The monoisotopic (exact) mass is 298 g/mol. The number of ether oxygens (including phenoxy) is 1. The summed E-state index contributed by atoms with van der Waals surface area (Å²) in [5.41, 5.74) is 0.374. The van der Waals surface area contributed by atoms with Crippen LogP contribution >= 0.6 is 0 Å². The van der Waals surface area contributed by atoms with Gasteiger partial charge in [-0.2, -0.15) is 0 Å². The van der Waals surface area contributed by atoms with E-state index in [4.69, 9.17) is 4.74 Å². The van der Waals surface area contributed by atoms with Gasteiger partial charge in [0, 0.05) is 20.7 Å². The number of nitrogens with one attached hydrogen (secondary N) is 1. The van der Waals surface area contributed by atoms with E-state index >= 15 is 0 Å². The molecule has 0 aliphatic carbocycles. The molecule has 0 bridgehead atoms. The number of para-hydroxylation sites is 1. The summed E-state index contributed by atoms with van der Waals surface area (Å²) < 4.78 is 31.6. The molecule has 1 aliphatic heterocycles. The highest BCUT2D eigenvalue weighted by Crippen LogP contribution is 2.32. The largest absolute Gasteiger partial charge is 0.376 e. The molecule has 5 nitrogen and oxygen atoms in total. The van der Waals surface area contributed by atoms with Crippen LogP contribution in [0.25, 0.3) is 0 Å². The van der Waals surface area contributed by atoms with Gasteiger partial charge in [-0.15, -0.1) is 0 Å². The molecule has 0 radical (unpaired) electrons. The van der Waals surface area contributed by atoms with Crippen molar-refractivity contribution in [3.05, 3.63) is 24.3 Å². The molecule has 1 fully saturated rings. The maximum atomic E-state index is 12.4. The van der Waals surface area contributed by atoms with Crippen molar-refractivity contribution in [1.82, 2.24) is 4.31 Å². The lowest BCUT2D eigenvalue weighted by Crippen LogP contribution is -2.41. The smallest absolute Gasteiger partial charge is 0.244 e. The van der Waals surface area contributed by atoms with Crippen molar-refractivity contribution in [2.24, 2.45) is 0 Å². The molecule has 1 saturated heterocycles. The second kappa shape index (κ2) is 5.35. The molecule has 0 amide bonds. The van der Waals surface area contributed by atoms with Crippen molar-refractivity contribution in [3.63, 3.8) is 0 Å². The maximum Gasteiger partial charge on any atom is 0.244 e. The number of anilines is 1. The zero-order chi connectivity index (χ0) is 15.0. The molecule has 2 rings (SSSR count). The summed E-state index contributed by atoms with van der Waals surface area (Å²) in [6, 6.07) is 6.99. The van der Waals surface area contributed by atoms with Crippen molar-refractivity contribution >= 4 is 15.7 Å². The summed E-state index contributed by atoms with van der Waals surface area (Å²) in [5.74, 6) is 0. The van der Waals surface area contributed by atoms with Crippen LogP contribution in [0.4, 0.5) is 5.69 Å². The van der Waals surface area contributed by atoms with Gasteiger partial charge in [0.15, 0.2) is 0 Å². The second-order valence-corrected chi connectivity index (χ2v) is 7.71. The molecular formula is C14H22N2O3S. The normalized spacial score (nSPS) is 26.9. The average molecular weight is 298 g/mol. The number of benzene rings is 1. The van der Waals surface area contributed by atoms with Crippen LogP contribution in [0.1, 0.15) is 20.3 Å². The number of nitrogens with zero attached hydrogens (tertiary/aromatic N) is 1. The van der Waals surface area contributed by atoms with Crippen LogP contribution in [0.15, 0.2) is 29.2 Å². The van der Waals surface area contributed by atoms with E-state index in [-0.39, 0.29) is 11.6 Å². The maximum absolute atomic E-state index is 12.4. The number of hydrogen-bond acceptors (Lipinski definition) is 4. The van der Waals surface area contributed by atoms with E-state index in [1.54, 1.807) is 18.2 Å². The van der Waals surface area contributed by atoms with Gasteiger partial charge < -0.3 is 10.1 Å². The molecule has 6 heteroatoms. The summed E-state index contributed by atoms with van der Waals surface area (Å²) in [7, 11) is -0.390. The lowest BCUT2D eigenvalue weighted by molar-refractivity contribution is 0.105. The fourth-order valence-corrected chi connectivity index (χ4v) is 3.34. The average Bonchev–Trinajstić information content (AvgIpc) is 2.69. The zero-order valence-electron chi connectivity index (χ0n) is 12.4. The highest BCUT2D eigenvalue weighted by Gasteiger charge is 2.38. The summed E-state index contributed by atoms with van der Waals surface area (Å²) in [6.45, 7) is 4.75. The first-order valence-corrected chi connectivity index (χ1v) is 8.13. The summed E-state index contributed by atoms with van der Waals surface area (Å²) in [6.07, 6.45) is 0.891. The first-order valence-electron chi connectivity index (χ1n) is 6.69. The van der Waals surface area contributed by atoms with Crippen LogP contribution in [0, 0.1) is 0 Å². The third-order valence-electron chi connectivity index (χ3n) is 3.95. The molecule has 20 heavy (non-hydrogen) atoms. The van der Waals surface area contributed by atoms with E-state index in [9.17, 15) is 8.42 Å². The molecule has 2 unspecified atom stereocenters. The third-order valence-corrected chi connectivity index (χ3v) is 5.83. The van der Waals surface area contributed by atoms with Gasteiger partial charge in [-0.1, -0.05) is 12.1 Å². The molecule has 1 aromatic rings. The number of hydrogen-bond donors (Lipinski definition) is 1. The van der Waals surface area contributed by atoms with Crippen LogP contribution < -0.4 is 5.32 Å². The highest BCUT2D eigenvalue weighted by molar-refractivity contribution is 7.89. The van der Waals surface area contributed by atoms with Crippen LogP contribution in [0.5, 0.6) is 0 Å². The Bertz CT molecular complexity index is 586. The molecule has 2 atom stereocenters. The van der Waals surface area contributed by atoms with Crippen LogP contribution in [-0.2, 0) is 14.8 Å². The zero-order valence-corrected chi connectivity index (χ0v) is 13.2. The van der Waals surface area contributed by atoms with Crippen molar-refractivity contribution in [1.29, 1.82) is 0 Å². The molecule has 1 aliphatic rings. The molecule has 1 N–H and O–H groups in total. The van der Waals surface area contributed by atoms with Crippen molar-refractivity contribution < 1.29 is 13.2 Å². The lowest BCUT2D eigenvalue weighted by atomic mass is 9.94. The van der Waals surface area contributed by atoms with E-state index < -0.39 is 10.0 Å². The highest BCUT2D eigenvalue weighted by atomic mass is 32.2. The van der Waals surface area contributed by atoms with Gasteiger partial charge in [-0.3, -0.25) is 0 Å². The van der Waals surface area contributed by atoms with E-state index in [1.807, 2.05) is 13.0 Å². The molecule has 1 aromatic carbocycles. The molecule has 1 heterocycles. The van der Waals surface area contributed by atoms with E-state index in [2.05, 4.69) is 12.2 Å². The van der Waals surface area contributed by atoms with Crippen LogP contribution in [0.3, 0.4) is 0 Å². The molecule has 112 valence electrons. The predicted octanol–water partition coefficient (Wildman–Crippen LogP) is 1.92. The summed E-state index contributed by atoms with van der Waals surface area (Å²) in [4.78, 5) is 0.297. The van der Waals surface area contributed by atoms with Gasteiger partial charge in [-0.25, -0.2) is 12.7 Å². The minimum Gasteiger partial charge on any atom is -0.376 e. The standard InChI is InChI=1S/C14H22N2O3S/c1-11-14(2,9-10-19-11)15-12-7-5-6-8-13(12)20(17,18)16(3)4/h5-8,11,15H,9-10H2,1-4H3. The number of sulfonamides is 1. The topological polar surface area (TPSA) is 58.6 Å². The number of rotatable bonds is 4. The van der Waals surface area contributed by atoms with Crippen molar-refractivity contribution in [2.45, 2.75) is 36.8 Å². The Labute approximate surface area is 121 Å². The Hall–Kier alpha value is -1.11. The van der Waals surface area contributed by atoms with Gasteiger partial charge >= 0.3 is 0 Å². The Balaban J connectivity index is 2.39. The Morgan fingerprint density at radius 3 is 2.55 bits per heavy atom. The Morgan fingerprint density at radius 1 is 1.35 bits per heavy atom. The van der Waals surface area contributed by atoms with E-state index in [0.717, 1.165) is 6.42 Å². The molecule has 0 spiro atoms. The first-order chi connectivity index (χ1) is 9.27. The van der Waals surface area contributed by atoms with Crippen LogP contribution in [-0.4, -0.2) is 45.1 Å². The SMILES string of the molecule is CC1OCCC1(C)Nc1ccccc1S(=O)(=O)N(C)C. The molecule has 0 aromatic heterocycles. The van der Waals surface area contributed by atoms with E-state index in [1.165, 1.54) is 18.4 Å². The lowest BCUT2D eigenvalue weighted by Gasteiger charge is -2.31. The molecular weight excluding hydrogens is 276 g/mol. The fourth-order valence-electron chi connectivity index (χ4n) is 2.30. The Kier molecular flexibility index (Phi) is 4.09. The van der Waals surface area contributed by atoms with Crippen LogP contribution in [0.2, 0.25) is 0 Å².